The fourth-order valence-electron chi connectivity index (χ4n) is 2.04. The molecule has 2 heterocycles. The lowest BCUT2D eigenvalue weighted by atomic mass is 10.1. The van der Waals surface area contributed by atoms with Gasteiger partial charge in [-0.3, -0.25) is 14.3 Å². The van der Waals surface area contributed by atoms with E-state index in [0.717, 1.165) is 30.0 Å². The van der Waals surface area contributed by atoms with Crippen molar-refractivity contribution in [3.63, 3.8) is 0 Å². The van der Waals surface area contributed by atoms with E-state index in [2.05, 4.69) is 15.7 Å². The Balaban J connectivity index is 1.76. The van der Waals surface area contributed by atoms with Crippen LogP contribution in [0, 0.1) is 6.92 Å². The molecule has 1 saturated heterocycles. The number of carbonyl (C=O) groups excluding carboxylic acids is 2. The summed E-state index contributed by atoms with van der Waals surface area (Å²) in [7, 11) is 1.78. The summed E-state index contributed by atoms with van der Waals surface area (Å²) in [5, 5.41) is 9.62. The molecule has 0 bridgehead atoms. The molecule has 110 valence electrons. The average Bonchev–Trinajstić information content (AvgIpc) is 2.77. The van der Waals surface area contributed by atoms with E-state index in [0.29, 0.717) is 5.69 Å². The molecule has 1 aromatic heterocycles. The van der Waals surface area contributed by atoms with Crippen LogP contribution in [0.3, 0.4) is 0 Å². The maximum Gasteiger partial charge on any atom is 0.272 e. The summed E-state index contributed by atoms with van der Waals surface area (Å²) < 4.78 is 1.63. The Morgan fingerprint density at radius 2 is 2.15 bits per heavy atom. The number of aryl methyl sites for hydroxylation is 2. The number of rotatable bonds is 4. The van der Waals surface area contributed by atoms with Crippen molar-refractivity contribution in [2.45, 2.75) is 25.8 Å². The number of nitrogens with one attached hydrogen (secondary N) is 2. The topological polar surface area (TPSA) is 76.0 Å². The third kappa shape index (κ3) is 4.00. The van der Waals surface area contributed by atoms with E-state index >= 15 is 0 Å². The Kier molecular flexibility index (Phi) is 5.05. The van der Waals surface area contributed by atoms with Crippen LogP contribution in [-0.4, -0.2) is 45.7 Å². The predicted molar refractivity (Wildman–Crippen MR) is 78.8 cm³/mol. The maximum atomic E-state index is 11.8. The second-order valence-corrected chi connectivity index (χ2v) is 6.16. The first-order valence-corrected chi connectivity index (χ1v) is 7.87. The van der Waals surface area contributed by atoms with Crippen LogP contribution < -0.4 is 10.6 Å². The van der Waals surface area contributed by atoms with E-state index in [1.54, 1.807) is 17.8 Å². The highest BCUT2D eigenvalue weighted by molar-refractivity contribution is 7.99. The van der Waals surface area contributed by atoms with Crippen molar-refractivity contribution in [1.82, 2.24) is 20.4 Å². The van der Waals surface area contributed by atoms with Crippen LogP contribution >= 0.6 is 11.8 Å². The second-order valence-electron chi connectivity index (χ2n) is 4.93. The third-order valence-electron chi connectivity index (χ3n) is 3.34. The number of nitrogens with zero attached hydrogens (tertiary/aromatic N) is 2. The Bertz CT molecular complexity index is 475. The number of aromatic nitrogens is 2. The Morgan fingerprint density at radius 3 is 2.75 bits per heavy atom. The zero-order valence-electron chi connectivity index (χ0n) is 11.8. The van der Waals surface area contributed by atoms with Gasteiger partial charge in [-0.25, -0.2) is 0 Å². The predicted octanol–water partition coefficient (Wildman–Crippen LogP) is 0.470. The van der Waals surface area contributed by atoms with Crippen molar-refractivity contribution >= 4 is 23.6 Å². The molecule has 0 aliphatic carbocycles. The Morgan fingerprint density at radius 1 is 1.45 bits per heavy atom. The highest BCUT2D eigenvalue weighted by atomic mass is 32.2. The highest BCUT2D eigenvalue weighted by Gasteiger charge is 2.17. The second kappa shape index (κ2) is 6.78. The van der Waals surface area contributed by atoms with Gasteiger partial charge in [0.05, 0.1) is 6.54 Å². The molecule has 1 aromatic rings. The number of thioether (sulfide) groups is 1. The van der Waals surface area contributed by atoms with Crippen LogP contribution in [0.1, 0.15) is 29.0 Å². The van der Waals surface area contributed by atoms with E-state index < -0.39 is 0 Å². The van der Waals surface area contributed by atoms with Gasteiger partial charge in [-0.15, -0.1) is 0 Å². The van der Waals surface area contributed by atoms with Gasteiger partial charge in [0.15, 0.2) is 0 Å². The summed E-state index contributed by atoms with van der Waals surface area (Å²) in [6.45, 7) is 1.87. The smallest absolute Gasteiger partial charge is 0.272 e. The fraction of sp³-hybridized carbons (Fsp3) is 0.615. The molecule has 0 unspecified atom stereocenters. The molecule has 0 saturated carbocycles. The van der Waals surface area contributed by atoms with Crippen molar-refractivity contribution in [1.29, 1.82) is 0 Å². The summed E-state index contributed by atoms with van der Waals surface area (Å²) in [6, 6.07) is 1.95. The van der Waals surface area contributed by atoms with Crippen molar-refractivity contribution in [3.8, 4) is 0 Å². The summed E-state index contributed by atoms with van der Waals surface area (Å²) in [5.41, 5.74) is 1.24. The first kappa shape index (κ1) is 14.9. The summed E-state index contributed by atoms with van der Waals surface area (Å²) in [4.78, 5) is 23.6. The van der Waals surface area contributed by atoms with Crippen LogP contribution in [0.4, 0.5) is 0 Å². The van der Waals surface area contributed by atoms with E-state index in [1.807, 2.05) is 18.7 Å². The molecule has 1 fully saturated rings. The molecule has 0 radical (unpaired) electrons. The molecule has 6 nitrogen and oxygen atoms in total. The minimum atomic E-state index is -0.317. The van der Waals surface area contributed by atoms with Crippen LogP contribution in [-0.2, 0) is 11.8 Å². The molecule has 20 heavy (non-hydrogen) atoms. The van der Waals surface area contributed by atoms with Crippen LogP contribution in [0.15, 0.2) is 6.07 Å². The maximum absolute atomic E-state index is 11.8. The third-order valence-corrected chi connectivity index (χ3v) is 4.39. The molecule has 1 aliphatic rings. The average molecular weight is 296 g/mol. The van der Waals surface area contributed by atoms with Gasteiger partial charge in [0.2, 0.25) is 5.91 Å². The van der Waals surface area contributed by atoms with Gasteiger partial charge < -0.3 is 10.6 Å². The lowest BCUT2D eigenvalue weighted by molar-refractivity contribution is -0.120. The van der Waals surface area contributed by atoms with Gasteiger partial charge in [0, 0.05) is 18.8 Å². The van der Waals surface area contributed by atoms with E-state index in [-0.39, 0.29) is 24.4 Å². The quantitative estimate of drug-likeness (QED) is 0.847. The van der Waals surface area contributed by atoms with Crippen LogP contribution in [0.25, 0.3) is 0 Å². The van der Waals surface area contributed by atoms with Gasteiger partial charge in [0.25, 0.3) is 5.91 Å². The summed E-state index contributed by atoms with van der Waals surface area (Å²) >= 11 is 1.91. The van der Waals surface area contributed by atoms with Crippen LogP contribution in [0.2, 0.25) is 0 Å². The Hall–Kier alpha value is -1.50. The Labute approximate surface area is 122 Å². The lowest BCUT2D eigenvalue weighted by Crippen LogP contribution is -2.43. The number of carbonyl (C=O) groups is 2. The SMILES string of the molecule is Cc1cc(C(=O)NCC(=O)NC2CCSCC2)nn1C. The van der Waals surface area contributed by atoms with E-state index in [1.165, 1.54) is 0 Å². The molecule has 2 amide bonds. The fourth-order valence-corrected chi connectivity index (χ4v) is 3.15. The van der Waals surface area contributed by atoms with E-state index in [9.17, 15) is 9.59 Å². The minimum Gasteiger partial charge on any atom is -0.352 e. The van der Waals surface area contributed by atoms with Gasteiger partial charge in [-0.1, -0.05) is 0 Å². The number of hydrogen-bond donors (Lipinski definition) is 2. The summed E-state index contributed by atoms with van der Waals surface area (Å²) in [6.07, 6.45) is 2.01. The lowest BCUT2D eigenvalue weighted by Gasteiger charge is -2.22. The molecule has 0 aromatic carbocycles. The van der Waals surface area contributed by atoms with Crippen LogP contribution in [0.5, 0.6) is 0 Å². The molecule has 0 atom stereocenters. The molecule has 0 spiro atoms. The summed E-state index contributed by atoms with van der Waals surface area (Å²) in [5.74, 6) is 1.72. The molecule has 7 heteroatoms. The van der Waals surface area contributed by atoms with Crippen molar-refractivity contribution in [2.24, 2.45) is 7.05 Å². The number of hydrogen-bond acceptors (Lipinski definition) is 4. The van der Waals surface area contributed by atoms with Gasteiger partial charge in [-0.05, 0) is 37.3 Å². The normalized spacial score (nSPS) is 15.9. The van der Waals surface area contributed by atoms with E-state index in [4.69, 9.17) is 0 Å². The van der Waals surface area contributed by atoms with Crippen molar-refractivity contribution in [3.05, 3.63) is 17.5 Å². The first-order valence-electron chi connectivity index (χ1n) is 6.72. The van der Waals surface area contributed by atoms with Crippen molar-refractivity contribution < 1.29 is 9.59 Å². The zero-order chi connectivity index (χ0) is 14.5. The van der Waals surface area contributed by atoms with Crippen molar-refractivity contribution in [2.75, 3.05) is 18.1 Å². The molecule has 2 rings (SSSR count). The molecule has 1 aliphatic heterocycles. The largest absolute Gasteiger partial charge is 0.352 e. The standard InChI is InChI=1S/C13H20N4O2S/c1-9-7-11(16-17(9)2)13(19)14-8-12(18)15-10-3-5-20-6-4-10/h7,10H,3-6,8H2,1-2H3,(H,14,19)(H,15,18). The minimum absolute atomic E-state index is 0.00189. The van der Waals surface area contributed by atoms with Gasteiger partial charge >= 0.3 is 0 Å². The highest BCUT2D eigenvalue weighted by Crippen LogP contribution is 2.16. The monoisotopic (exact) mass is 296 g/mol. The van der Waals surface area contributed by atoms with Gasteiger partial charge in [0.1, 0.15) is 5.69 Å². The molecule has 2 N–H and O–H groups in total. The zero-order valence-corrected chi connectivity index (χ0v) is 12.6. The molecular weight excluding hydrogens is 276 g/mol. The van der Waals surface area contributed by atoms with Gasteiger partial charge in [-0.2, -0.15) is 16.9 Å². The number of amides is 2. The first-order chi connectivity index (χ1) is 9.56. The molecular formula is C13H20N4O2S.